The predicted octanol–water partition coefficient (Wildman–Crippen LogP) is 7.08. The van der Waals surface area contributed by atoms with Crippen LogP contribution in [0, 0.1) is 11.6 Å². The molecule has 16 heteroatoms. The van der Waals surface area contributed by atoms with Crippen molar-refractivity contribution in [2.45, 2.75) is 71.2 Å². The summed E-state index contributed by atoms with van der Waals surface area (Å²) in [4.78, 5) is 56.4. The van der Waals surface area contributed by atoms with Gasteiger partial charge in [-0.25, -0.2) is 32.9 Å². The third-order valence-electron chi connectivity index (χ3n) is 7.30. The van der Waals surface area contributed by atoms with Crippen LogP contribution in [0.25, 0.3) is 10.8 Å². The summed E-state index contributed by atoms with van der Waals surface area (Å²) in [6.45, 7) is 9.71. The van der Waals surface area contributed by atoms with Gasteiger partial charge >= 0.3 is 24.2 Å². The number of alkyl carbamates (subject to hydrolysis) is 1. The fourth-order valence-electron chi connectivity index (χ4n) is 4.63. The third kappa shape index (κ3) is 13.9. The average Bonchev–Trinajstić information content (AvgIpc) is 3.06. The van der Waals surface area contributed by atoms with Crippen molar-refractivity contribution in [3.8, 4) is 0 Å². The molecule has 52 heavy (non-hydrogen) atoms. The van der Waals surface area contributed by atoms with Crippen LogP contribution >= 0.6 is 11.6 Å². The number of hydrogen-bond donors (Lipinski definition) is 3. The van der Waals surface area contributed by atoms with E-state index in [1.165, 1.54) is 48.5 Å². The number of nitrogens with one attached hydrogen (secondary N) is 3. The Morgan fingerprint density at radius 1 is 0.981 bits per heavy atom. The van der Waals surface area contributed by atoms with Gasteiger partial charge in [0.05, 0.1) is 23.4 Å². The molecule has 0 aliphatic rings. The van der Waals surface area contributed by atoms with E-state index in [-0.39, 0.29) is 37.2 Å². The quantitative estimate of drug-likeness (QED) is 0.0603. The Morgan fingerprint density at radius 3 is 2.44 bits per heavy atom. The number of carbonyl (C=O) groups excluding carboxylic acids is 4. The van der Waals surface area contributed by atoms with Crippen LogP contribution in [0.2, 0.25) is 5.02 Å². The number of hydrogen-bond acceptors (Lipinski definition) is 9. The van der Waals surface area contributed by atoms with Crippen LogP contribution in [0.5, 0.6) is 0 Å². The highest BCUT2D eigenvalue weighted by molar-refractivity contribution is 6.31. The first-order valence-corrected chi connectivity index (χ1v) is 16.8. The molecule has 3 aromatic rings. The van der Waals surface area contributed by atoms with Crippen molar-refractivity contribution in [3.63, 3.8) is 0 Å². The number of rotatable bonds is 16. The largest absolute Gasteiger partial charge is 0.496 e. The number of benzene rings is 2. The van der Waals surface area contributed by atoms with Gasteiger partial charge in [0.25, 0.3) is 0 Å². The molecular formula is C36H44ClF2N5O8. The second kappa shape index (κ2) is 19.4. The SMILES string of the molecule is C=C(C)OC[C@@H](NC(=O)OC(C)(C)C)C(=O)OCCCC[C@@H](COC(=O)Nc1cc2cc(F)ccc2cn1)N(C)C(=O)NCc1cccc(F)c1Cl. The van der Waals surface area contributed by atoms with Gasteiger partial charge in [-0.15, -0.1) is 0 Å². The van der Waals surface area contributed by atoms with E-state index in [9.17, 15) is 28.0 Å². The number of unbranched alkanes of at least 4 members (excludes halogenated alkanes) is 1. The first-order valence-electron chi connectivity index (χ1n) is 16.4. The van der Waals surface area contributed by atoms with Crippen molar-refractivity contribution >= 4 is 52.4 Å². The summed E-state index contributed by atoms with van der Waals surface area (Å²) in [6.07, 6.45) is 0.871. The number of amides is 4. The summed E-state index contributed by atoms with van der Waals surface area (Å²) >= 11 is 6.03. The van der Waals surface area contributed by atoms with Crippen LogP contribution < -0.4 is 16.0 Å². The zero-order valence-electron chi connectivity index (χ0n) is 29.7. The molecule has 3 N–H and O–H groups in total. The van der Waals surface area contributed by atoms with Crippen molar-refractivity contribution in [1.29, 1.82) is 0 Å². The molecule has 0 aliphatic heterocycles. The number of likely N-dealkylation sites (N-methyl/N-ethyl adjacent to an activating group) is 1. The summed E-state index contributed by atoms with van der Waals surface area (Å²) in [5.74, 6) is -1.35. The maximum atomic E-state index is 13.9. The van der Waals surface area contributed by atoms with Gasteiger partial charge in [-0.2, -0.15) is 0 Å². The number of ether oxygens (including phenoxy) is 4. The van der Waals surface area contributed by atoms with Crippen LogP contribution in [0.15, 0.2) is 61.0 Å². The Hall–Kier alpha value is -5.18. The van der Waals surface area contributed by atoms with E-state index in [0.717, 1.165) is 0 Å². The highest BCUT2D eigenvalue weighted by atomic mass is 35.5. The van der Waals surface area contributed by atoms with Crippen molar-refractivity contribution in [2.75, 3.05) is 32.2 Å². The van der Waals surface area contributed by atoms with E-state index in [0.29, 0.717) is 41.4 Å². The first-order chi connectivity index (χ1) is 24.5. The van der Waals surface area contributed by atoms with Crippen molar-refractivity contribution in [3.05, 3.63) is 83.2 Å². The van der Waals surface area contributed by atoms with Crippen molar-refractivity contribution in [1.82, 2.24) is 20.5 Å². The molecule has 4 amide bonds. The molecule has 0 unspecified atom stereocenters. The average molecular weight is 748 g/mol. The molecule has 282 valence electrons. The van der Waals surface area contributed by atoms with E-state index in [2.05, 4.69) is 27.5 Å². The van der Waals surface area contributed by atoms with E-state index < -0.39 is 53.5 Å². The maximum absolute atomic E-state index is 13.9. The minimum Gasteiger partial charge on any atom is -0.496 e. The summed E-state index contributed by atoms with van der Waals surface area (Å²) < 4.78 is 49.0. The van der Waals surface area contributed by atoms with E-state index in [4.69, 9.17) is 30.5 Å². The monoisotopic (exact) mass is 747 g/mol. The molecule has 13 nitrogen and oxygen atoms in total. The van der Waals surface area contributed by atoms with Gasteiger partial charge in [0.15, 0.2) is 6.04 Å². The number of allylic oxidation sites excluding steroid dienone is 1. The lowest BCUT2D eigenvalue weighted by Crippen LogP contribution is -2.47. The summed E-state index contributed by atoms with van der Waals surface area (Å²) in [5, 5.41) is 8.71. The molecule has 0 fully saturated rings. The minimum absolute atomic E-state index is 0.0331. The normalized spacial score (nSPS) is 12.2. The highest BCUT2D eigenvalue weighted by Gasteiger charge is 2.27. The molecule has 0 saturated heterocycles. The van der Waals surface area contributed by atoms with Crippen LogP contribution in [-0.2, 0) is 30.3 Å². The summed E-state index contributed by atoms with van der Waals surface area (Å²) in [5.41, 5.74) is -0.424. The molecule has 0 saturated carbocycles. The molecule has 0 radical (unpaired) electrons. The zero-order chi connectivity index (χ0) is 38.4. The van der Waals surface area contributed by atoms with Crippen molar-refractivity contribution in [2.24, 2.45) is 0 Å². The van der Waals surface area contributed by atoms with E-state index in [1.807, 2.05) is 0 Å². The van der Waals surface area contributed by atoms with Crippen LogP contribution in [0.1, 0.15) is 52.5 Å². The molecular weight excluding hydrogens is 704 g/mol. The van der Waals surface area contributed by atoms with Crippen LogP contribution in [0.3, 0.4) is 0 Å². The number of nitrogens with zero attached hydrogens (tertiary/aromatic N) is 2. The number of esters is 1. The Labute approximate surface area is 306 Å². The molecule has 0 aliphatic carbocycles. The fraction of sp³-hybridized carbons (Fsp3) is 0.417. The number of carbonyl (C=O) groups is 4. The number of urea groups is 1. The second-order valence-corrected chi connectivity index (χ2v) is 13.2. The van der Waals surface area contributed by atoms with E-state index in [1.54, 1.807) is 39.8 Å². The summed E-state index contributed by atoms with van der Waals surface area (Å²) in [7, 11) is 1.50. The van der Waals surface area contributed by atoms with Gasteiger partial charge in [-0.1, -0.05) is 30.3 Å². The van der Waals surface area contributed by atoms with Gasteiger partial charge in [0, 0.05) is 25.2 Å². The smallest absolute Gasteiger partial charge is 0.412 e. The van der Waals surface area contributed by atoms with Gasteiger partial charge in [-0.05, 0) is 88.2 Å². The molecule has 2 atom stereocenters. The van der Waals surface area contributed by atoms with E-state index >= 15 is 0 Å². The second-order valence-electron chi connectivity index (χ2n) is 12.8. The molecule has 0 bridgehead atoms. The molecule has 1 heterocycles. The number of fused-ring (bicyclic) bond motifs is 1. The number of anilines is 1. The maximum Gasteiger partial charge on any atom is 0.412 e. The predicted molar refractivity (Wildman–Crippen MR) is 191 cm³/mol. The van der Waals surface area contributed by atoms with Gasteiger partial charge < -0.3 is 34.5 Å². The molecule has 2 aromatic carbocycles. The molecule has 0 spiro atoms. The Morgan fingerprint density at radius 2 is 1.73 bits per heavy atom. The van der Waals surface area contributed by atoms with Crippen molar-refractivity contribution < 1.29 is 46.9 Å². The highest BCUT2D eigenvalue weighted by Crippen LogP contribution is 2.20. The molecule has 1 aromatic heterocycles. The van der Waals surface area contributed by atoms with Gasteiger partial charge in [-0.3, -0.25) is 5.32 Å². The topological polar surface area (TPSA) is 157 Å². The Kier molecular flexibility index (Phi) is 15.4. The Bertz CT molecular complexity index is 1740. The standard InChI is InChI=1S/C36H44ClF2N5O8/c1-22(2)50-21-29(42-35(48)52-36(3,4)5)32(45)49-15-8-7-11-27(44(6)33(46)41-19-24-10-9-12-28(39)31(24)37)20-51-34(47)43-30-17-25-16-26(38)14-13-23(25)18-40-30/h9-10,12-14,16-18,27,29H,1,7-8,11,15,19-21H2,2-6H3,(H,41,46)(H,42,48)(H,40,43,47)/t27-,29+/m0/s1. The zero-order valence-corrected chi connectivity index (χ0v) is 30.5. The Balaban J connectivity index is 1.60. The number of pyridine rings is 1. The fourth-order valence-corrected chi connectivity index (χ4v) is 4.82. The van der Waals surface area contributed by atoms with Crippen LogP contribution in [0.4, 0.5) is 29.0 Å². The first kappa shape index (κ1) is 41.2. The number of halogens is 3. The summed E-state index contributed by atoms with van der Waals surface area (Å²) in [6, 6.07) is 7.54. The van der Waals surface area contributed by atoms with Gasteiger partial charge in [0.1, 0.15) is 36.3 Å². The van der Waals surface area contributed by atoms with Gasteiger partial charge in [0.2, 0.25) is 0 Å². The number of aromatic nitrogens is 1. The van der Waals surface area contributed by atoms with Crippen LogP contribution in [-0.4, -0.2) is 78.6 Å². The lowest BCUT2D eigenvalue weighted by atomic mass is 10.1. The lowest BCUT2D eigenvalue weighted by Gasteiger charge is -2.28. The lowest BCUT2D eigenvalue weighted by molar-refractivity contribution is -0.147. The molecule has 3 rings (SSSR count). The minimum atomic E-state index is -1.16. The third-order valence-corrected chi connectivity index (χ3v) is 7.72.